The number of nitrogens with zero attached hydrogens (tertiary/aromatic N) is 1. The zero-order chi connectivity index (χ0) is 17.4. The molecule has 0 aliphatic heterocycles. The van der Waals surface area contributed by atoms with Crippen LogP contribution in [0.2, 0.25) is 5.02 Å². The number of nitrogens with two attached hydrogens (primary N) is 1. The molecule has 1 atom stereocenters. The first kappa shape index (κ1) is 19.3. The van der Waals surface area contributed by atoms with Gasteiger partial charge in [0, 0.05) is 31.6 Å². The third-order valence-electron chi connectivity index (χ3n) is 3.52. The molecule has 0 heterocycles. The molecule has 0 fully saturated rings. The van der Waals surface area contributed by atoms with Gasteiger partial charge in [0.05, 0.1) is 12.2 Å². The van der Waals surface area contributed by atoms with Crippen LogP contribution in [0.25, 0.3) is 0 Å². The number of ether oxygens (including phenoxy) is 1. The molecule has 0 aliphatic carbocycles. The van der Waals surface area contributed by atoms with Gasteiger partial charge in [-0.25, -0.2) is 0 Å². The van der Waals surface area contributed by atoms with Crippen LogP contribution < -0.4 is 15.8 Å². The fraction of sp³-hybridized carbons (Fsp3) is 0.500. The van der Waals surface area contributed by atoms with Crippen molar-refractivity contribution >= 4 is 23.4 Å². The van der Waals surface area contributed by atoms with Gasteiger partial charge in [-0.15, -0.1) is 0 Å². The molecule has 1 aromatic carbocycles. The Labute approximate surface area is 141 Å². The van der Waals surface area contributed by atoms with Crippen molar-refractivity contribution in [1.29, 1.82) is 0 Å². The van der Waals surface area contributed by atoms with Crippen LogP contribution in [0.4, 0.5) is 0 Å². The molecular formula is C16H24ClN3O3. The lowest BCUT2D eigenvalue weighted by atomic mass is 10.1. The van der Waals surface area contributed by atoms with Gasteiger partial charge >= 0.3 is 0 Å². The first-order valence-corrected chi connectivity index (χ1v) is 7.88. The lowest BCUT2D eigenvalue weighted by Gasteiger charge is -2.25. The first-order valence-electron chi connectivity index (χ1n) is 7.50. The molecule has 0 radical (unpaired) electrons. The second kappa shape index (κ2) is 9.37. The number of hydrogen-bond donors (Lipinski definition) is 2. The third kappa shape index (κ3) is 5.73. The Bertz CT molecular complexity index is 551. The van der Waals surface area contributed by atoms with Crippen LogP contribution in [0, 0.1) is 0 Å². The Morgan fingerprint density at radius 3 is 2.74 bits per heavy atom. The number of hydrogen-bond acceptors (Lipinski definition) is 4. The van der Waals surface area contributed by atoms with Gasteiger partial charge in [-0.3, -0.25) is 9.59 Å². The second-order valence-corrected chi connectivity index (χ2v) is 5.71. The molecule has 6 nitrogen and oxygen atoms in total. The van der Waals surface area contributed by atoms with Gasteiger partial charge in [-0.2, -0.15) is 0 Å². The fourth-order valence-corrected chi connectivity index (χ4v) is 2.12. The van der Waals surface area contributed by atoms with E-state index in [4.69, 9.17) is 22.1 Å². The van der Waals surface area contributed by atoms with E-state index in [2.05, 4.69) is 5.32 Å². The standard InChI is InChI=1S/C16H24ClN3O3/c1-11(9-15(21)19-2)20(3)16(22)13-6-5-12(17)10-14(13)23-8-4-7-18/h5-6,10-11H,4,7-9,18H2,1-3H3,(H,19,21)/t11-/m1/s1. The van der Waals surface area contributed by atoms with Crippen LogP contribution in [0.15, 0.2) is 18.2 Å². The first-order chi connectivity index (χ1) is 10.9. The van der Waals surface area contributed by atoms with Crippen LogP contribution in [0.3, 0.4) is 0 Å². The van der Waals surface area contributed by atoms with Crippen molar-refractivity contribution < 1.29 is 14.3 Å². The maximum Gasteiger partial charge on any atom is 0.257 e. The SMILES string of the molecule is CNC(=O)C[C@@H](C)N(C)C(=O)c1ccc(Cl)cc1OCCCN. The summed E-state index contributed by atoms with van der Waals surface area (Å²) in [6, 6.07) is 4.64. The zero-order valence-corrected chi connectivity index (χ0v) is 14.5. The number of halogens is 1. The largest absolute Gasteiger partial charge is 0.493 e. The van der Waals surface area contributed by atoms with Crippen LogP contribution in [0.1, 0.15) is 30.1 Å². The number of nitrogens with one attached hydrogen (secondary N) is 1. The summed E-state index contributed by atoms with van der Waals surface area (Å²) in [5.41, 5.74) is 5.86. The molecule has 0 spiro atoms. The molecule has 7 heteroatoms. The van der Waals surface area contributed by atoms with Crippen molar-refractivity contribution in [2.24, 2.45) is 5.73 Å². The molecule has 3 N–H and O–H groups in total. The van der Waals surface area contributed by atoms with E-state index >= 15 is 0 Å². The number of carbonyl (C=O) groups is 2. The quantitative estimate of drug-likeness (QED) is 0.704. The number of carbonyl (C=O) groups excluding carboxylic acids is 2. The van der Waals surface area contributed by atoms with Crippen LogP contribution >= 0.6 is 11.6 Å². The minimum Gasteiger partial charge on any atom is -0.493 e. The third-order valence-corrected chi connectivity index (χ3v) is 3.76. The molecule has 2 amide bonds. The Balaban J connectivity index is 2.90. The zero-order valence-electron chi connectivity index (χ0n) is 13.8. The van der Waals surface area contributed by atoms with Crippen molar-refractivity contribution in [2.45, 2.75) is 25.8 Å². The van der Waals surface area contributed by atoms with Crippen molar-refractivity contribution in [3.8, 4) is 5.75 Å². The highest BCUT2D eigenvalue weighted by atomic mass is 35.5. The predicted molar refractivity (Wildman–Crippen MR) is 90.9 cm³/mol. The maximum atomic E-state index is 12.7. The van der Waals surface area contributed by atoms with E-state index in [9.17, 15) is 9.59 Å². The minimum atomic E-state index is -0.241. The molecular weight excluding hydrogens is 318 g/mol. The summed E-state index contributed by atoms with van der Waals surface area (Å²) in [4.78, 5) is 25.7. The average Bonchev–Trinajstić information content (AvgIpc) is 2.53. The summed E-state index contributed by atoms with van der Waals surface area (Å²) < 4.78 is 5.62. The van der Waals surface area contributed by atoms with Crippen LogP contribution in [0.5, 0.6) is 5.75 Å². The maximum absolute atomic E-state index is 12.7. The van der Waals surface area contributed by atoms with Crippen molar-refractivity contribution in [2.75, 3.05) is 27.2 Å². The number of amides is 2. The highest BCUT2D eigenvalue weighted by molar-refractivity contribution is 6.30. The lowest BCUT2D eigenvalue weighted by Crippen LogP contribution is -2.38. The topological polar surface area (TPSA) is 84.7 Å². The summed E-state index contributed by atoms with van der Waals surface area (Å²) in [6.45, 7) is 2.74. The average molecular weight is 342 g/mol. The van der Waals surface area contributed by atoms with Crippen molar-refractivity contribution in [3.05, 3.63) is 28.8 Å². The summed E-state index contributed by atoms with van der Waals surface area (Å²) in [5.74, 6) is 0.0865. The molecule has 23 heavy (non-hydrogen) atoms. The summed E-state index contributed by atoms with van der Waals surface area (Å²) >= 11 is 5.98. The molecule has 128 valence electrons. The van der Waals surface area contributed by atoms with E-state index in [0.29, 0.717) is 35.9 Å². The second-order valence-electron chi connectivity index (χ2n) is 5.27. The van der Waals surface area contributed by atoms with Gasteiger partial charge in [0.1, 0.15) is 5.75 Å². The molecule has 0 saturated heterocycles. The Morgan fingerprint density at radius 2 is 2.13 bits per heavy atom. The normalized spacial score (nSPS) is 11.7. The van der Waals surface area contributed by atoms with E-state index in [1.807, 2.05) is 6.92 Å². The van der Waals surface area contributed by atoms with Gasteiger partial charge in [-0.1, -0.05) is 11.6 Å². The molecule has 0 unspecified atom stereocenters. The van der Waals surface area contributed by atoms with Gasteiger partial charge in [-0.05, 0) is 38.1 Å². The van der Waals surface area contributed by atoms with Gasteiger partial charge < -0.3 is 20.7 Å². The van der Waals surface area contributed by atoms with Crippen molar-refractivity contribution in [3.63, 3.8) is 0 Å². The smallest absolute Gasteiger partial charge is 0.257 e. The van der Waals surface area contributed by atoms with Gasteiger partial charge in [0.15, 0.2) is 0 Å². The highest BCUT2D eigenvalue weighted by Gasteiger charge is 2.22. The Kier molecular flexibility index (Phi) is 7.85. The van der Waals surface area contributed by atoms with Gasteiger partial charge in [0.25, 0.3) is 5.91 Å². The van der Waals surface area contributed by atoms with Gasteiger partial charge in [0.2, 0.25) is 5.91 Å². The summed E-state index contributed by atoms with van der Waals surface area (Å²) in [6.07, 6.45) is 0.915. The Hall–Kier alpha value is -1.79. The molecule has 0 aliphatic rings. The summed E-state index contributed by atoms with van der Waals surface area (Å²) in [5, 5.41) is 3.04. The lowest BCUT2D eigenvalue weighted by molar-refractivity contribution is -0.121. The fourth-order valence-electron chi connectivity index (χ4n) is 1.96. The molecule has 0 bridgehead atoms. The molecule has 1 aromatic rings. The number of rotatable bonds is 8. The Morgan fingerprint density at radius 1 is 1.43 bits per heavy atom. The number of benzene rings is 1. The van der Waals surface area contributed by atoms with Crippen LogP contribution in [-0.2, 0) is 4.79 Å². The summed E-state index contributed by atoms with van der Waals surface area (Å²) in [7, 11) is 3.23. The monoisotopic (exact) mass is 341 g/mol. The van der Waals surface area contributed by atoms with Crippen molar-refractivity contribution in [1.82, 2.24) is 10.2 Å². The molecule has 0 aromatic heterocycles. The van der Waals surface area contributed by atoms with E-state index in [-0.39, 0.29) is 24.3 Å². The molecule has 0 saturated carbocycles. The molecule has 1 rings (SSSR count). The highest BCUT2D eigenvalue weighted by Crippen LogP contribution is 2.25. The van der Waals surface area contributed by atoms with Crippen LogP contribution in [-0.4, -0.2) is 50.0 Å². The minimum absolute atomic E-state index is 0.118. The van der Waals surface area contributed by atoms with E-state index in [1.54, 1.807) is 32.3 Å². The van der Waals surface area contributed by atoms with E-state index in [1.165, 1.54) is 4.90 Å². The predicted octanol–water partition coefficient (Wildman–Crippen LogP) is 1.66. The van der Waals surface area contributed by atoms with E-state index < -0.39 is 0 Å². The van der Waals surface area contributed by atoms with E-state index in [0.717, 1.165) is 0 Å².